The van der Waals surface area contributed by atoms with Crippen LogP contribution in [0.1, 0.15) is 35.3 Å². The van der Waals surface area contributed by atoms with Crippen LogP contribution in [0.4, 0.5) is 11.4 Å². The fraction of sp³-hybridized carbons (Fsp3) is 0.192. The molecule has 1 aliphatic rings. The van der Waals surface area contributed by atoms with Crippen molar-refractivity contribution in [3.05, 3.63) is 99.6 Å². The van der Waals surface area contributed by atoms with Gasteiger partial charge in [0.05, 0.1) is 16.9 Å². The van der Waals surface area contributed by atoms with Crippen LogP contribution in [0, 0.1) is 10.1 Å². The molecule has 0 saturated carbocycles. The Labute approximate surface area is 209 Å². The van der Waals surface area contributed by atoms with Gasteiger partial charge >= 0.3 is 0 Å². The number of hydrogen-bond acceptors (Lipinski definition) is 7. The van der Waals surface area contributed by atoms with Crippen LogP contribution < -0.4 is 14.8 Å². The van der Waals surface area contributed by atoms with E-state index in [-0.39, 0.29) is 27.6 Å². The number of allylic oxidation sites excluding steroid dienone is 1. The molecule has 0 fully saturated rings. The smallest absolute Gasteiger partial charge is 0.269 e. The molecule has 2 N–H and O–H groups in total. The number of fused-ring (bicyclic) bond motifs is 1. The molecular weight excluding hydrogens is 482 g/mol. The molecular formula is C26H25N3O6S. The van der Waals surface area contributed by atoms with Gasteiger partial charge in [-0.25, -0.2) is 8.42 Å². The average molecular weight is 508 g/mol. The van der Waals surface area contributed by atoms with Crippen molar-refractivity contribution >= 4 is 32.9 Å². The number of ketones is 1. The molecule has 0 aliphatic carbocycles. The second-order valence-electron chi connectivity index (χ2n) is 9.06. The number of nitrogens with zero attached hydrogens (tertiary/aromatic N) is 1. The minimum absolute atomic E-state index is 0.113. The molecule has 1 aliphatic heterocycles. The van der Waals surface area contributed by atoms with E-state index in [1.165, 1.54) is 30.3 Å². The molecule has 0 amide bonds. The van der Waals surface area contributed by atoms with Gasteiger partial charge in [-0.2, -0.15) is 0 Å². The van der Waals surface area contributed by atoms with Crippen molar-refractivity contribution in [1.82, 2.24) is 5.32 Å². The monoisotopic (exact) mass is 507 g/mol. The number of anilines is 1. The zero-order valence-corrected chi connectivity index (χ0v) is 20.8. The van der Waals surface area contributed by atoms with E-state index in [2.05, 4.69) is 23.9 Å². The molecule has 36 heavy (non-hydrogen) atoms. The minimum Gasteiger partial charge on any atom is -0.497 e. The second kappa shape index (κ2) is 9.46. The van der Waals surface area contributed by atoms with E-state index in [9.17, 15) is 23.3 Å². The van der Waals surface area contributed by atoms with Crippen molar-refractivity contribution < 1.29 is 22.9 Å². The lowest BCUT2D eigenvalue weighted by Gasteiger charge is -2.35. The maximum absolute atomic E-state index is 13.1. The lowest BCUT2D eigenvalue weighted by molar-refractivity contribution is -0.384. The highest BCUT2D eigenvalue weighted by atomic mass is 32.2. The zero-order valence-electron chi connectivity index (χ0n) is 19.9. The summed E-state index contributed by atoms with van der Waals surface area (Å²) in [5, 5.41) is 14.2. The lowest BCUT2D eigenvalue weighted by atomic mass is 9.85. The number of benzene rings is 3. The number of hydrogen-bond donors (Lipinski definition) is 2. The SMILES string of the molecule is COc1ccc2c(c1)C(=CC(=O)c1ccc(NS(=O)(=O)c3ccc([N+](=O)[O-])cc3)cc1)NC(C)(C)C2. The highest BCUT2D eigenvalue weighted by molar-refractivity contribution is 7.92. The highest BCUT2D eigenvalue weighted by Gasteiger charge is 2.28. The van der Waals surface area contributed by atoms with Gasteiger partial charge < -0.3 is 10.1 Å². The molecule has 0 aromatic heterocycles. The van der Waals surface area contributed by atoms with Gasteiger partial charge in [-0.15, -0.1) is 0 Å². The van der Waals surface area contributed by atoms with Crippen LogP contribution >= 0.6 is 0 Å². The number of methoxy groups -OCH3 is 1. The van der Waals surface area contributed by atoms with Gasteiger partial charge in [0, 0.05) is 46.3 Å². The van der Waals surface area contributed by atoms with Crippen molar-refractivity contribution in [2.45, 2.75) is 30.7 Å². The summed E-state index contributed by atoms with van der Waals surface area (Å²) >= 11 is 0. The first-order chi connectivity index (χ1) is 17.0. The van der Waals surface area contributed by atoms with E-state index in [0.717, 1.165) is 41.8 Å². The van der Waals surface area contributed by atoms with E-state index in [1.54, 1.807) is 7.11 Å². The number of rotatable bonds is 7. The molecule has 3 aromatic rings. The van der Waals surface area contributed by atoms with Crippen molar-refractivity contribution in [2.24, 2.45) is 0 Å². The normalized spacial score (nSPS) is 15.5. The largest absolute Gasteiger partial charge is 0.497 e. The maximum atomic E-state index is 13.1. The zero-order chi connectivity index (χ0) is 26.1. The Morgan fingerprint density at radius 3 is 2.36 bits per heavy atom. The second-order valence-corrected chi connectivity index (χ2v) is 10.7. The molecule has 3 aromatic carbocycles. The molecule has 0 atom stereocenters. The molecule has 0 unspecified atom stereocenters. The van der Waals surface area contributed by atoms with Crippen molar-refractivity contribution in [1.29, 1.82) is 0 Å². The number of sulfonamides is 1. The Morgan fingerprint density at radius 2 is 1.75 bits per heavy atom. The summed E-state index contributed by atoms with van der Waals surface area (Å²) in [6, 6.07) is 16.4. The van der Waals surface area contributed by atoms with E-state index in [1.807, 2.05) is 18.2 Å². The van der Waals surface area contributed by atoms with Gasteiger partial charge in [0.2, 0.25) is 0 Å². The fourth-order valence-electron chi connectivity index (χ4n) is 4.03. The van der Waals surface area contributed by atoms with Crippen LogP contribution in [-0.2, 0) is 16.4 Å². The van der Waals surface area contributed by atoms with Crippen molar-refractivity contribution in [3.8, 4) is 5.75 Å². The summed E-state index contributed by atoms with van der Waals surface area (Å²) in [5.41, 5.74) is 2.88. The molecule has 0 radical (unpaired) electrons. The van der Waals surface area contributed by atoms with Crippen LogP contribution in [0.15, 0.2) is 77.7 Å². The summed E-state index contributed by atoms with van der Waals surface area (Å²) in [6.07, 6.45) is 2.33. The van der Waals surface area contributed by atoms with Crippen LogP contribution in [0.3, 0.4) is 0 Å². The van der Waals surface area contributed by atoms with Crippen LogP contribution in [0.25, 0.3) is 5.70 Å². The Morgan fingerprint density at radius 1 is 1.08 bits per heavy atom. The van der Waals surface area contributed by atoms with Gasteiger partial charge in [0.25, 0.3) is 15.7 Å². The third-order valence-corrected chi connectivity index (χ3v) is 7.16. The maximum Gasteiger partial charge on any atom is 0.269 e. The summed E-state index contributed by atoms with van der Waals surface area (Å²) in [7, 11) is -2.36. The van der Waals surface area contributed by atoms with E-state index in [4.69, 9.17) is 4.74 Å². The Bertz CT molecular complexity index is 1460. The lowest BCUT2D eigenvalue weighted by Crippen LogP contribution is -2.43. The van der Waals surface area contributed by atoms with Gasteiger partial charge in [-0.1, -0.05) is 6.07 Å². The van der Waals surface area contributed by atoms with Gasteiger partial charge in [0.15, 0.2) is 5.78 Å². The average Bonchev–Trinajstić information content (AvgIpc) is 2.83. The molecule has 10 heteroatoms. The number of nitro groups is 1. The predicted molar refractivity (Wildman–Crippen MR) is 137 cm³/mol. The molecule has 4 rings (SSSR count). The van der Waals surface area contributed by atoms with Gasteiger partial charge in [0.1, 0.15) is 5.75 Å². The van der Waals surface area contributed by atoms with Crippen molar-refractivity contribution in [2.75, 3.05) is 11.8 Å². The number of ether oxygens (including phenoxy) is 1. The first kappa shape index (κ1) is 24.9. The summed E-state index contributed by atoms with van der Waals surface area (Å²) < 4.78 is 33.0. The summed E-state index contributed by atoms with van der Waals surface area (Å²) in [6.45, 7) is 4.12. The van der Waals surface area contributed by atoms with E-state index in [0.29, 0.717) is 17.0 Å². The Balaban J connectivity index is 1.55. The third kappa shape index (κ3) is 5.38. The number of nitro benzene ring substituents is 1. The number of carbonyl (C=O) groups is 1. The highest BCUT2D eigenvalue weighted by Crippen LogP contribution is 2.32. The first-order valence-electron chi connectivity index (χ1n) is 11.1. The third-order valence-electron chi connectivity index (χ3n) is 5.77. The van der Waals surface area contributed by atoms with Gasteiger partial charge in [-0.3, -0.25) is 19.6 Å². The van der Waals surface area contributed by atoms with Crippen molar-refractivity contribution in [3.63, 3.8) is 0 Å². The number of non-ortho nitro benzene ring substituents is 1. The molecule has 0 saturated heterocycles. The predicted octanol–water partition coefficient (Wildman–Crippen LogP) is 4.55. The van der Waals surface area contributed by atoms with E-state index >= 15 is 0 Å². The fourth-order valence-corrected chi connectivity index (χ4v) is 5.09. The number of nitrogens with one attached hydrogen (secondary N) is 2. The van der Waals surface area contributed by atoms with Crippen LogP contribution in [0.2, 0.25) is 0 Å². The minimum atomic E-state index is -3.96. The van der Waals surface area contributed by atoms with Crippen LogP contribution in [-0.4, -0.2) is 31.8 Å². The summed E-state index contributed by atoms with van der Waals surface area (Å²) in [4.78, 5) is 23.1. The quantitative estimate of drug-likeness (QED) is 0.208. The van der Waals surface area contributed by atoms with Gasteiger partial charge in [-0.05, 0) is 74.4 Å². The van der Waals surface area contributed by atoms with E-state index < -0.39 is 14.9 Å². The molecule has 0 bridgehead atoms. The topological polar surface area (TPSA) is 128 Å². The molecule has 186 valence electrons. The Hall–Kier alpha value is -4.18. The summed E-state index contributed by atoms with van der Waals surface area (Å²) in [5.74, 6) is 0.451. The number of carbonyl (C=O) groups excluding carboxylic acids is 1. The van der Waals surface area contributed by atoms with Crippen LogP contribution in [0.5, 0.6) is 5.75 Å². The Kier molecular flexibility index (Phi) is 6.55. The molecule has 0 spiro atoms. The molecule has 1 heterocycles. The first-order valence-corrected chi connectivity index (χ1v) is 12.5. The molecule has 9 nitrogen and oxygen atoms in total. The standard InChI is InChI=1S/C26H25N3O6S/c1-26(2)16-18-6-11-21(35-3)14-23(18)24(27-26)15-25(30)17-4-7-19(8-5-17)28-36(33,34)22-12-9-20(10-13-22)29(31)32/h4-15,27-28H,16H2,1-3H3.